The van der Waals surface area contributed by atoms with Gasteiger partial charge in [-0.2, -0.15) is 0 Å². The second-order valence-electron chi connectivity index (χ2n) is 5.28. The van der Waals surface area contributed by atoms with Crippen LogP contribution in [-0.4, -0.2) is 45.2 Å². The summed E-state index contributed by atoms with van der Waals surface area (Å²) >= 11 is 5.87. The predicted octanol–water partition coefficient (Wildman–Crippen LogP) is 1.35. The highest BCUT2D eigenvalue weighted by Crippen LogP contribution is 2.34. The second-order valence-corrected chi connectivity index (χ2v) is 5.93. The summed E-state index contributed by atoms with van der Waals surface area (Å²) in [5.74, 6) is -3.91. The summed E-state index contributed by atoms with van der Waals surface area (Å²) in [6.45, 7) is 2.28. The lowest BCUT2D eigenvalue weighted by molar-refractivity contribution is -0.139. The van der Waals surface area contributed by atoms with Crippen molar-refractivity contribution in [1.29, 1.82) is 0 Å². The number of benzene rings is 1. The third-order valence-corrected chi connectivity index (χ3v) is 3.74. The van der Waals surface area contributed by atoms with E-state index in [1.165, 1.54) is 36.6 Å². The van der Waals surface area contributed by atoms with Gasteiger partial charge in [0, 0.05) is 5.69 Å². The molecule has 1 unspecified atom stereocenters. The van der Waals surface area contributed by atoms with Crippen LogP contribution in [0.3, 0.4) is 0 Å². The number of carbonyl (C=O) groups excluding carboxylic acids is 3. The molecule has 9 heteroatoms. The van der Waals surface area contributed by atoms with Crippen molar-refractivity contribution < 1.29 is 29.0 Å². The lowest BCUT2D eigenvalue weighted by atomic mass is 10.1. The highest BCUT2D eigenvalue weighted by Gasteiger charge is 2.29. The smallest absolute Gasteiger partial charge is 0.341 e. The van der Waals surface area contributed by atoms with E-state index in [4.69, 9.17) is 27.2 Å². The van der Waals surface area contributed by atoms with Crippen molar-refractivity contribution in [2.75, 3.05) is 6.61 Å². The van der Waals surface area contributed by atoms with Crippen LogP contribution in [0, 0.1) is 6.92 Å². The van der Waals surface area contributed by atoms with E-state index in [9.17, 15) is 19.2 Å². The number of aliphatic carboxylic acids is 1. The molecule has 0 saturated carbocycles. The average Bonchev–Trinajstić information content (AvgIpc) is 2.83. The number of amides is 1. The number of hydrogen-bond donors (Lipinski definition) is 2. The molecule has 0 aliphatic carbocycles. The Bertz CT molecular complexity index is 900. The molecule has 0 spiro atoms. The fourth-order valence-electron chi connectivity index (χ4n) is 2.55. The fraction of sp³-hybridized carbons (Fsp3) is 0.250. The van der Waals surface area contributed by atoms with Gasteiger partial charge in [0.15, 0.2) is 6.61 Å². The number of ketones is 1. The topological polar surface area (TPSA) is 129 Å². The first-order valence-electron chi connectivity index (χ1n) is 7.17. The molecule has 1 aromatic carbocycles. The molecular weight excluding hydrogens is 352 g/mol. The van der Waals surface area contributed by atoms with Gasteiger partial charge in [0.1, 0.15) is 11.1 Å². The van der Waals surface area contributed by atoms with Gasteiger partial charge in [-0.1, -0.05) is 6.07 Å². The van der Waals surface area contributed by atoms with Crippen molar-refractivity contribution in [2.45, 2.75) is 19.2 Å². The molecule has 2 rings (SSSR count). The number of rotatable bonds is 6. The third kappa shape index (κ3) is 3.34. The minimum Gasteiger partial charge on any atom is -0.481 e. The summed E-state index contributed by atoms with van der Waals surface area (Å²) in [6.07, 6.45) is 0. The number of hydrogen-bond acceptors (Lipinski definition) is 5. The Kier molecular flexibility index (Phi) is 5.13. The number of carboxylic acid groups (broad SMARTS) is 1. The highest BCUT2D eigenvalue weighted by molar-refractivity contribution is 6.45. The van der Waals surface area contributed by atoms with Gasteiger partial charge in [-0.05, 0) is 26.0 Å². The molecule has 25 heavy (non-hydrogen) atoms. The van der Waals surface area contributed by atoms with Gasteiger partial charge >= 0.3 is 5.97 Å². The van der Waals surface area contributed by atoms with Gasteiger partial charge in [0.25, 0.3) is 11.7 Å². The summed E-state index contributed by atoms with van der Waals surface area (Å²) in [5.41, 5.74) is 5.42. The number of aromatic nitrogens is 1. The molecule has 2 aromatic rings. The summed E-state index contributed by atoms with van der Waals surface area (Å²) in [7, 11) is 0. The first-order valence-corrected chi connectivity index (χ1v) is 7.61. The first-order chi connectivity index (χ1) is 11.7. The Morgan fingerprint density at radius 3 is 2.48 bits per heavy atom. The van der Waals surface area contributed by atoms with Crippen molar-refractivity contribution in [2.24, 2.45) is 5.73 Å². The molecule has 0 bridgehead atoms. The Hall–Kier alpha value is -2.87. The molecular formula is C16H15ClN2O6. The number of fused-ring (bicyclic) bond motifs is 1. The van der Waals surface area contributed by atoms with E-state index >= 15 is 0 Å². The van der Waals surface area contributed by atoms with E-state index in [1.807, 2.05) is 0 Å². The van der Waals surface area contributed by atoms with E-state index in [0.29, 0.717) is 0 Å². The van der Waals surface area contributed by atoms with Gasteiger partial charge < -0.3 is 15.6 Å². The largest absolute Gasteiger partial charge is 0.481 e. The van der Waals surface area contributed by atoms with E-state index in [2.05, 4.69) is 0 Å². The molecule has 0 fully saturated rings. The van der Waals surface area contributed by atoms with Crippen molar-refractivity contribution in [3.8, 4) is 5.75 Å². The molecule has 0 saturated heterocycles. The summed E-state index contributed by atoms with van der Waals surface area (Å²) in [6, 6.07) is 4.49. The third-order valence-electron chi connectivity index (χ3n) is 3.56. The lowest BCUT2D eigenvalue weighted by Crippen LogP contribution is -2.25. The van der Waals surface area contributed by atoms with Crippen LogP contribution in [0.1, 0.15) is 27.8 Å². The van der Waals surface area contributed by atoms with Gasteiger partial charge in [0.05, 0.1) is 16.5 Å². The molecule has 1 aromatic heterocycles. The van der Waals surface area contributed by atoms with E-state index in [-0.39, 0.29) is 27.9 Å². The SMILES string of the molecule is Cc1c(C(=O)C(N)=O)c2c(OCC(=O)O)cccc2n1C(=O)C(C)Cl. The van der Waals surface area contributed by atoms with Gasteiger partial charge in [0.2, 0.25) is 5.91 Å². The molecule has 1 amide bonds. The zero-order chi connectivity index (χ0) is 18.9. The molecule has 3 N–H and O–H groups in total. The minimum absolute atomic E-state index is 0.0429. The maximum Gasteiger partial charge on any atom is 0.341 e. The van der Waals surface area contributed by atoms with Crippen molar-refractivity contribution in [3.05, 3.63) is 29.5 Å². The number of ether oxygens (including phenoxy) is 1. The number of carbonyl (C=O) groups is 4. The first kappa shape index (κ1) is 18.5. The molecule has 8 nitrogen and oxygen atoms in total. The molecule has 1 atom stereocenters. The Labute approximate surface area is 147 Å². The monoisotopic (exact) mass is 366 g/mol. The molecule has 0 aliphatic heterocycles. The number of carboxylic acids is 1. The average molecular weight is 367 g/mol. The fourth-order valence-corrected chi connectivity index (χ4v) is 2.65. The van der Waals surface area contributed by atoms with E-state index < -0.39 is 35.6 Å². The highest BCUT2D eigenvalue weighted by atomic mass is 35.5. The summed E-state index contributed by atoms with van der Waals surface area (Å²) in [4.78, 5) is 46.9. The number of primary amides is 1. The number of nitrogens with zero attached hydrogens (tertiary/aromatic N) is 1. The Morgan fingerprint density at radius 1 is 1.32 bits per heavy atom. The van der Waals surface area contributed by atoms with Crippen molar-refractivity contribution in [1.82, 2.24) is 4.57 Å². The van der Waals surface area contributed by atoms with E-state index in [1.54, 1.807) is 0 Å². The quantitative estimate of drug-likeness (QED) is 0.451. The maximum absolute atomic E-state index is 12.4. The maximum atomic E-state index is 12.4. The van der Waals surface area contributed by atoms with Crippen LogP contribution in [0.25, 0.3) is 10.9 Å². The van der Waals surface area contributed by atoms with E-state index in [0.717, 1.165) is 0 Å². The zero-order valence-electron chi connectivity index (χ0n) is 13.4. The Balaban J connectivity index is 2.84. The normalized spacial score (nSPS) is 12.0. The molecule has 132 valence electrons. The number of halogens is 1. The van der Waals surface area contributed by atoms with Crippen LogP contribution in [0.15, 0.2) is 18.2 Å². The van der Waals surface area contributed by atoms with Gasteiger partial charge in [-0.3, -0.25) is 19.0 Å². The number of nitrogens with two attached hydrogens (primary N) is 1. The van der Waals surface area contributed by atoms with Crippen LogP contribution < -0.4 is 10.5 Å². The van der Waals surface area contributed by atoms with Crippen LogP contribution >= 0.6 is 11.6 Å². The number of alkyl halides is 1. The summed E-state index contributed by atoms with van der Waals surface area (Å²) < 4.78 is 6.39. The molecule has 0 aliphatic rings. The summed E-state index contributed by atoms with van der Waals surface area (Å²) in [5, 5.41) is 8.03. The van der Waals surface area contributed by atoms with Crippen molar-refractivity contribution in [3.63, 3.8) is 0 Å². The molecule has 0 radical (unpaired) electrons. The zero-order valence-corrected chi connectivity index (χ0v) is 14.2. The predicted molar refractivity (Wildman–Crippen MR) is 89.3 cm³/mol. The minimum atomic E-state index is -1.22. The lowest BCUT2D eigenvalue weighted by Gasteiger charge is -2.09. The van der Waals surface area contributed by atoms with Crippen LogP contribution in [-0.2, 0) is 9.59 Å². The van der Waals surface area contributed by atoms with Gasteiger partial charge in [-0.15, -0.1) is 11.6 Å². The van der Waals surface area contributed by atoms with Gasteiger partial charge in [-0.25, -0.2) is 4.79 Å². The van der Waals surface area contributed by atoms with Crippen LogP contribution in [0.5, 0.6) is 5.75 Å². The standard InChI is InChI=1S/C16H15ClN2O6/c1-7(17)16(24)19-8(2)12(14(22)15(18)23)13-9(19)4-3-5-10(13)25-6-11(20)21/h3-5,7H,6H2,1-2H3,(H2,18,23)(H,20,21). The molecule has 1 heterocycles. The van der Waals surface area contributed by atoms with Crippen LogP contribution in [0.2, 0.25) is 0 Å². The second kappa shape index (κ2) is 6.94. The van der Waals surface area contributed by atoms with Crippen molar-refractivity contribution >= 4 is 46.1 Å². The van der Waals surface area contributed by atoms with Crippen LogP contribution in [0.4, 0.5) is 0 Å². The number of Topliss-reactive ketones (excluding diaryl/α,β-unsaturated/α-hetero) is 1. The Morgan fingerprint density at radius 2 is 1.96 bits per heavy atom.